The van der Waals surface area contributed by atoms with Crippen molar-refractivity contribution >= 4 is 28.8 Å². The van der Waals surface area contributed by atoms with E-state index in [4.69, 9.17) is 0 Å². The Morgan fingerprint density at radius 3 is 2.38 bits per heavy atom. The second-order valence-corrected chi connectivity index (χ2v) is 9.47. The first-order valence-corrected chi connectivity index (χ1v) is 12.8. The molecular formula is C28H22F2N6O2S. The van der Waals surface area contributed by atoms with Gasteiger partial charge in [0.15, 0.2) is 0 Å². The lowest BCUT2D eigenvalue weighted by molar-refractivity contribution is -0.127. The predicted octanol–water partition coefficient (Wildman–Crippen LogP) is 4.77. The minimum Gasteiger partial charge on any atom is -0.350 e. The van der Waals surface area contributed by atoms with Crippen LogP contribution in [0.25, 0.3) is 11.4 Å². The maximum atomic E-state index is 15.1. The van der Waals surface area contributed by atoms with Crippen molar-refractivity contribution in [3.05, 3.63) is 118 Å². The van der Waals surface area contributed by atoms with Crippen molar-refractivity contribution in [2.75, 3.05) is 4.90 Å². The third-order valence-corrected chi connectivity index (χ3v) is 6.77. The van der Waals surface area contributed by atoms with Crippen molar-refractivity contribution in [3.8, 4) is 11.4 Å². The van der Waals surface area contributed by atoms with Crippen LogP contribution in [0.2, 0.25) is 0 Å². The van der Waals surface area contributed by atoms with Gasteiger partial charge in [-0.3, -0.25) is 14.5 Å². The lowest BCUT2D eigenvalue weighted by Gasteiger charge is -2.30. The summed E-state index contributed by atoms with van der Waals surface area (Å²) in [5.41, 5.74) is 1.33. The fourth-order valence-corrected chi connectivity index (χ4v) is 4.80. The molecule has 2 aromatic heterocycles. The number of tetrazole rings is 1. The number of benzene rings is 3. The zero-order valence-corrected chi connectivity index (χ0v) is 21.3. The standard InChI is InChI=1S/C28H22F2N6O2S/c29-21-14-12-20(13-15-21)27-32-34-35(33-27)18-25(37)36(23-10-5-4-9-22(23)30)26(24-11-6-16-39-24)28(38)31-17-19-7-2-1-3-8-19/h1-16,26H,17-18H2,(H,31,38)/t26-/m1/s1. The highest BCUT2D eigenvalue weighted by Crippen LogP contribution is 2.32. The van der Waals surface area contributed by atoms with E-state index in [1.54, 1.807) is 23.6 Å². The van der Waals surface area contributed by atoms with Crippen LogP contribution in [0.15, 0.2) is 96.4 Å². The van der Waals surface area contributed by atoms with Crippen molar-refractivity contribution in [2.24, 2.45) is 0 Å². The van der Waals surface area contributed by atoms with Gasteiger partial charge in [-0.2, -0.15) is 4.80 Å². The Balaban J connectivity index is 1.46. The molecule has 0 spiro atoms. The quantitative estimate of drug-likeness (QED) is 0.289. The van der Waals surface area contributed by atoms with E-state index in [1.165, 1.54) is 53.8 Å². The first kappa shape index (κ1) is 25.9. The molecule has 0 aliphatic heterocycles. The van der Waals surface area contributed by atoms with E-state index in [1.807, 2.05) is 30.3 Å². The number of hydrogen-bond donors (Lipinski definition) is 1. The third-order valence-electron chi connectivity index (χ3n) is 5.84. The molecule has 1 atom stereocenters. The van der Waals surface area contributed by atoms with E-state index in [9.17, 15) is 14.0 Å². The van der Waals surface area contributed by atoms with Crippen LogP contribution in [0, 0.1) is 11.6 Å². The van der Waals surface area contributed by atoms with Crippen molar-refractivity contribution in [2.45, 2.75) is 19.1 Å². The van der Waals surface area contributed by atoms with E-state index in [0.717, 1.165) is 15.3 Å². The van der Waals surface area contributed by atoms with E-state index in [-0.39, 0.29) is 18.1 Å². The lowest BCUT2D eigenvalue weighted by atomic mass is 10.1. The number of carbonyl (C=O) groups is 2. The number of para-hydroxylation sites is 1. The molecule has 0 fully saturated rings. The molecule has 5 aromatic rings. The van der Waals surface area contributed by atoms with E-state index in [2.05, 4.69) is 20.7 Å². The fourth-order valence-electron chi connectivity index (χ4n) is 3.99. The number of carbonyl (C=O) groups excluding carboxylic acids is 2. The number of hydrogen-bond acceptors (Lipinski definition) is 6. The highest BCUT2D eigenvalue weighted by molar-refractivity contribution is 7.10. The van der Waals surface area contributed by atoms with E-state index in [0.29, 0.717) is 10.4 Å². The summed E-state index contributed by atoms with van der Waals surface area (Å²) in [5, 5.41) is 16.8. The Hall–Kier alpha value is -4.77. The Bertz CT molecular complexity index is 1560. The molecule has 1 N–H and O–H groups in total. The maximum Gasteiger partial charge on any atom is 0.251 e. The van der Waals surface area contributed by atoms with Gasteiger partial charge in [-0.05, 0) is 58.6 Å². The summed E-state index contributed by atoms with van der Waals surface area (Å²) in [5.74, 6) is -1.99. The topological polar surface area (TPSA) is 93.0 Å². The van der Waals surface area contributed by atoms with Crippen LogP contribution in [0.3, 0.4) is 0 Å². The van der Waals surface area contributed by atoms with Gasteiger partial charge in [-0.25, -0.2) is 8.78 Å². The molecule has 0 aliphatic carbocycles. The third kappa shape index (κ3) is 6.04. The van der Waals surface area contributed by atoms with Gasteiger partial charge in [0.25, 0.3) is 5.91 Å². The number of anilines is 1. The van der Waals surface area contributed by atoms with Gasteiger partial charge in [0, 0.05) is 17.0 Å². The molecule has 2 amide bonds. The van der Waals surface area contributed by atoms with E-state index >= 15 is 4.39 Å². The SMILES string of the molecule is O=C(NCc1ccccc1)[C@@H](c1cccs1)N(C(=O)Cn1nnc(-c2ccc(F)cc2)n1)c1ccccc1F. The Morgan fingerprint density at radius 2 is 1.67 bits per heavy atom. The summed E-state index contributed by atoms with van der Waals surface area (Å²) < 4.78 is 28.4. The number of aromatic nitrogens is 4. The Morgan fingerprint density at radius 1 is 0.923 bits per heavy atom. The molecular weight excluding hydrogens is 522 g/mol. The number of thiophene rings is 1. The minimum atomic E-state index is -1.15. The van der Waals surface area contributed by atoms with Crippen LogP contribution in [0.4, 0.5) is 14.5 Å². The highest BCUT2D eigenvalue weighted by atomic mass is 32.1. The van der Waals surface area contributed by atoms with Crippen LogP contribution >= 0.6 is 11.3 Å². The van der Waals surface area contributed by atoms with Crippen molar-refractivity contribution in [1.82, 2.24) is 25.5 Å². The molecule has 0 saturated heterocycles. The molecule has 0 bridgehead atoms. The molecule has 196 valence electrons. The number of nitrogens with one attached hydrogen (secondary N) is 1. The largest absolute Gasteiger partial charge is 0.350 e. The molecule has 2 heterocycles. The Kier molecular flexibility index (Phi) is 7.78. The average Bonchev–Trinajstić information content (AvgIpc) is 3.65. The molecule has 11 heteroatoms. The smallest absolute Gasteiger partial charge is 0.251 e. The van der Waals surface area contributed by atoms with Crippen LogP contribution in [-0.4, -0.2) is 32.0 Å². The van der Waals surface area contributed by atoms with Gasteiger partial charge in [-0.1, -0.05) is 48.5 Å². The highest BCUT2D eigenvalue weighted by Gasteiger charge is 2.35. The van der Waals surface area contributed by atoms with Crippen LogP contribution in [-0.2, 0) is 22.7 Å². The Labute approximate surface area is 226 Å². The van der Waals surface area contributed by atoms with Crippen LogP contribution < -0.4 is 10.2 Å². The molecule has 39 heavy (non-hydrogen) atoms. The van der Waals surface area contributed by atoms with E-state index < -0.39 is 36.0 Å². The summed E-state index contributed by atoms with van der Waals surface area (Å²) in [4.78, 5) is 30.1. The lowest BCUT2D eigenvalue weighted by Crippen LogP contribution is -2.45. The average molecular weight is 545 g/mol. The fraction of sp³-hybridized carbons (Fsp3) is 0.107. The molecule has 0 saturated carbocycles. The molecule has 3 aromatic carbocycles. The molecule has 5 rings (SSSR count). The maximum absolute atomic E-state index is 15.1. The minimum absolute atomic E-state index is 0.0605. The second-order valence-electron chi connectivity index (χ2n) is 8.49. The summed E-state index contributed by atoms with van der Waals surface area (Å²) in [6, 6.07) is 22.9. The molecule has 0 aliphatic rings. The zero-order chi connectivity index (χ0) is 27.2. The van der Waals surface area contributed by atoms with Gasteiger partial charge in [-0.15, -0.1) is 21.5 Å². The number of amides is 2. The van der Waals surface area contributed by atoms with Crippen molar-refractivity contribution in [3.63, 3.8) is 0 Å². The summed E-state index contributed by atoms with van der Waals surface area (Å²) in [7, 11) is 0. The van der Waals surface area contributed by atoms with Crippen LogP contribution in [0.5, 0.6) is 0 Å². The van der Waals surface area contributed by atoms with Crippen LogP contribution in [0.1, 0.15) is 16.5 Å². The number of halogens is 2. The number of nitrogens with zero attached hydrogens (tertiary/aromatic N) is 5. The molecule has 0 unspecified atom stereocenters. The normalized spacial score (nSPS) is 11.6. The van der Waals surface area contributed by atoms with Gasteiger partial charge in [0.1, 0.15) is 24.2 Å². The first-order valence-electron chi connectivity index (χ1n) is 11.9. The zero-order valence-electron chi connectivity index (χ0n) is 20.4. The van der Waals surface area contributed by atoms with Gasteiger partial charge >= 0.3 is 0 Å². The molecule has 8 nitrogen and oxygen atoms in total. The van der Waals surface area contributed by atoms with Gasteiger partial charge in [0.2, 0.25) is 11.7 Å². The second kappa shape index (κ2) is 11.7. The monoisotopic (exact) mass is 544 g/mol. The molecule has 0 radical (unpaired) electrons. The summed E-state index contributed by atoms with van der Waals surface area (Å²) in [6.45, 7) is -0.192. The van der Waals surface area contributed by atoms with Gasteiger partial charge in [0.05, 0.1) is 5.69 Å². The van der Waals surface area contributed by atoms with Crippen molar-refractivity contribution in [1.29, 1.82) is 0 Å². The summed E-state index contributed by atoms with van der Waals surface area (Å²) >= 11 is 1.28. The number of rotatable bonds is 9. The van der Waals surface area contributed by atoms with Crippen molar-refractivity contribution < 1.29 is 18.4 Å². The van der Waals surface area contributed by atoms with Gasteiger partial charge < -0.3 is 5.32 Å². The summed E-state index contributed by atoms with van der Waals surface area (Å²) in [6.07, 6.45) is 0. The predicted molar refractivity (Wildman–Crippen MR) is 142 cm³/mol. The first-order chi connectivity index (χ1) is 19.0.